The third-order valence-electron chi connectivity index (χ3n) is 10.7. The largest absolute Gasteiger partial charge is 0.394 e. The SMILES string of the molecule is CC(=O)N[C@H]1[C@H](O[C@H]2[C@@H](O)[C@@H](CO)O[C@@H](O[C@H]3[C@H](O)[C@@H](O)[C@@H](O)O[C@@H]3CO)[C@@H]2O)O[C@H](CO)[C@@H](O[C@@H]2O[C@@H](C)[C@@H](O)[C@@H](O)[C@@H]2O)[C@@H]1O[C@@H]1O[C@H](CO)[C@H](O)[C@H](O)[C@H]1O. The summed E-state index contributed by atoms with van der Waals surface area (Å²) in [5.41, 5.74) is 0. The number of nitrogens with one attached hydrogen (secondary N) is 1. The molecule has 5 saturated heterocycles. The topological polar surface area (TPSA) is 416 Å². The van der Waals surface area contributed by atoms with E-state index in [-0.39, 0.29) is 0 Å². The Kier molecular flexibility index (Phi) is 16.5. The summed E-state index contributed by atoms with van der Waals surface area (Å²) in [6.45, 7) is -1.37. The van der Waals surface area contributed by atoms with Gasteiger partial charge in [-0.2, -0.15) is 0 Å². The number of rotatable bonds is 13. The van der Waals surface area contributed by atoms with E-state index in [1.165, 1.54) is 6.92 Å². The number of hydrogen-bond acceptors (Lipinski definition) is 25. The van der Waals surface area contributed by atoms with Crippen LogP contribution >= 0.6 is 0 Å². The van der Waals surface area contributed by atoms with Crippen molar-refractivity contribution in [3.8, 4) is 0 Å². The smallest absolute Gasteiger partial charge is 0.217 e. The molecule has 0 aromatic heterocycles. The fraction of sp³-hybridized carbons (Fsp3) is 0.969. The average molecular weight is 854 g/mol. The van der Waals surface area contributed by atoms with Crippen LogP contribution in [0, 0.1) is 0 Å². The Morgan fingerprint density at radius 3 is 1.47 bits per heavy atom. The molecule has 58 heavy (non-hydrogen) atoms. The van der Waals surface area contributed by atoms with Crippen molar-refractivity contribution in [1.82, 2.24) is 5.32 Å². The van der Waals surface area contributed by atoms with Crippen LogP contribution in [-0.4, -0.2) is 262 Å². The lowest BCUT2D eigenvalue weighted by atomic mass is 9.93. The highest BCUT2D eigenvalue weighted by atomic mass is 16.8. The molecule has 0 aromatic rings. The molecular weight excluding hydrogens is 798 g/mol. The van der Waals surface area contributed by atoms with Crippen molar-refractivity contribution in [2.45, 2.75) is 167 Å². The minimum atomic E-state index is -2.12. The Hall–Kier alpha value is -1.49. The third kappa shape index (κ3) is 9.75. The van der Waals surface area contributed by atoms with Crippen LogP contribution < -0.4 is 5.32 Å². The lowest BCUT2D eigenvalue weighted by molar-refractivity contribution is -0.391. The van der Waals surface area contributed by atoms with E-state index in [2.05, 4.69) is 5.32 Å². The van der Waals surface area contributed by atoms with Crippen molar-refractivity contribution in [1.29, 1.82) is 0 Å². The van der Waals surface area contributed by atoms with Gasteiger partial charge in [0.2, 0.25) is 5.91 Å². The van der Waals surface area contributed by atoms with Gasteiger partial charge in [0.1, 0.15) is 116 Å². The van der Waals surface area contributed by atoms with Gasteiger partial charge in [0.05, 0.1) is 32.5 Å². The average Bonchev–Trinajstić information content (AvgIpc) is 3.19. The summed E-state index contributed by atoms with van der Waals surface area (Å²) in [6, 6.07) is -1.75. The van der Waals surface area contributed by atoms with Crippen LogP contribution in [0.4, 0.5) is 0 Å². The summed E-state index contributed by atoms with van der Waals surface area (Å²) in [6.07, 6.45) is -43.6. The molecule has 0 bridgehead atoms. The van der Waals surface area contributed by atoms with Crippen LogP contribution in [0.25, 0.3) is 0 Å². The Morgan fingerprint density at radius 1 is 0.448 bits per heavy atom. The molecule has 0 spiro atoms. The monoisotopic (exact) mass is 853 g/mol. The van der Waals surface area contributed by atoms with Gasteiger partial charge in [-0.15, -0.1) is 0 Å². The molecular formula is C32H55NO25. The van der Waals surface area contributed by atoms with E-state index in [9.17, 15) is 81.4 Å². The maximum absolute atomic E-state index is 12.8. The quantitative estimate of drug-likeness (QED) is 0.0818. The van der Waals surface area contributed by atoms with Crippen LogP contribution in [0.3, 0.4) is 0 Å². The number of aliphatic hydroxyl groups excluding tert-OH is 15. The lowest BCUT2D eigenvalue weighted by Gasteiger charge is -2.51. The Labute approximate surface area is 329 Å². The molecule has 5 aliphatic heterocycles. The summed E-state index contributed by atoms with van der Waals surface area (Å²) in [5.74, 6) is -0.837. The second kappa shape index (κ2) is 20.1. The van der Waals surface area contributed by atoms with Crippen LogP contribution in [-0.2, 0) is 47.4 Å². The number of carbonyl (C=O) groups excluding carboxylic acids is 1. The van der Waals surface area contributed by atoms with Crippen LogP contribution in [0.2, 0.25) is 0 Å². The van der Waals surface area contributed by atoms with Gasteiger partial charge in [-0.25, -0.2) is 0 Å². The van der Waals surface area contributed by atoms with Crippen molar-refractivity contribution < 1.29 is 124 Å². The second-order valence-electron chi connectivity index (χ2n) is 14.7. The first-order chi connectivity index (χ1) is 27.4. The fourth-order valence-electron chi connectivity index (χ4n) is 7.37. The Bertz CT molecular complexity index is 1300. The zero-order valence-corrected chi connectivity index (χ0v) is 31.1. The number of aliphatic hydroxyl groups is 15. The van der Waals surface area contributed by atoms with E-state index < -0.39 is 186 Å². The van der Waals surface area contributed by atoms with E-state index in [4.69, 9.17) is 42.6 Å². The van der Waals surface area contributed by atoms with Gasteiger partial charge in [-0.1, -0.05) is 0 Å². The van der Waals surface area contributed by atoms with Gasteiger partial charge in [-0.3, -0.25) is 4.79 Å². The highest BCUT2D eigenvalue weighted by Gasteiger charge is 2.57. The second-order valence-corrected chi connectivity index (χ2v) is 14.7. The molecule has 26 heteroatoms. The molecule has 0 aromatic carbocycles. The van der Waals surface area contributed by atoms with E-state index in [0.29, 0.717) is 0 Å². The highest BCUT2D eigenvalue weighted by molar-refractivity contribution is 5.73. The van der Waals surface area contributed by atoms with Crippen LogP contribution in [0.1, 0.15) is 13.8 Å². The van der Waals surface area contributed by atoms with Gasteiger partial charge in [0.25, 0.3) is 0 Å². The van der Waals surface area contributed by atoms with Gasteiger partial charge in [-0.05, 0) is 6.92 Å². The molecule has 0 aliphatic carbocycles. The summed E-state index contributed by atoms with van der Waals surface area (Å²) in [5, 5.41) is 159. The molecule has 16 N–H and O–H groups in total. The van der Waals surface area contributed by atoms with Gasteiger partial charge < -0.3 is 125 Å². The Morgan fingerprint density at radius 2 is 0.897 bits per heavy atom. The fourth-order valence-corrected chi connectivity index (χ4v) is 7.37. The zero-order valence-electron chi connectivity index (χ0n) is 31.1. The summed E-state index contributed by atoms with van der Waals surface area (Å²) >= 11 is 0. The molecule has 26 nitrogen and oxygen atoms in total. The molecule has 1 amide bonds. The minimum Gasteiger partial charge on any atom is -0.394 e. The number of ether oxygens (including phenoxy) is 9. The molecule has 0 unspecified atom stereocenters. The maximum atomic E-state index is 12.8. The number of hydrogen-bond donors (Lipinski definition) is 16. The highest BCUT2D eigenvalue weighted by Crippen LogP contribution is 2.36. The molecule has 5 fully saturated rings. The van der Waals surface area contributed by atoms with E-state index in [0.717, 1.165) is 6.92 Å². The maximum Gasteiger partial charge on any atom is 0.217 e. The van der Waals surface area contributed by atoms with Crippen LogP contribution in [0.15, 0.2) is 0 Å². The molecule has 5 heterocycles. The summed E-state index contributed by atoms with van der Waals surface area (Å²) in [4.78, 5) is 12.8. The van der Waals surface area contributed by atoms with Crippen molar-refractivity contribution in [2.24, 2.45) is 0 Å². The predicted molar refractivity (Wildman–Crippen MR) is 177 cm³/mol. The standard InChI is InChI=1S/C32H55NO25/c1-7-14(39)17(42)21(46)30(50-7)56-25-12(6-37)54-29(13(33-8(2)38)26(25)57-31-22(47)18(43)15(40)9(3-34)52-31)58-27-16(41)10(4-35)53-32(23(27)48)55-24-11(5-36)51-28(49)20(45)19(24)44/h7,9-32,34-37,39-49H,3-6H2,1-2H3,(H,33,38)/t7-,9+,10+,11+,12+,13+,14+,15-,16-,17+,18-,19+,20+,21-,22+,23+,24+,25+,26+,27-,28-,29-,30-,31-,32-/m0/s1. The normalized spacial score (nSPS) is 51.6. The molecule has 0 saturated carbocycles. The molecule has 338 valence electrons. The lowest BCUT2D eigenvalue weighted by Crippen LogP contribution is -2.71. The first-order valence-corrected chi connectivity index (χ1v) is 18.5. The van der Waals surface area contributed by atoms with Crippen molar-refractivity contribution in [3.05, 3.63) is 0 Å². The van der Waals surface area contributed by atoms with Gasteiger partial charge in [0, 0.05) is 6.92 Å². The molecule has 0 radical (unpaired) electrons. The van der Waals surface area contributed by atoms with Crippen molar-refractivity contribution in [3.63, 3.8) is 0 Å². The van der Waals surface area contributed by atoms with Crippen molar-refractivity contribution >= 4 is 5.91 Å². The minimum absolute atomic E-state index is 0.837. The summed E-state index contributed by atoms with van der Waals surface area (Å²) in [7, 11) is 0. The van der Waals surface area contributed by atoms with Gasteiger partial charge in [0.15, 0.2) is 31.5 Å². The van der Waals surface area contributed by atoms with E-state index >= 15 is 0 Å². The molecule has 5 rings (SSSR count). The van der Waals surface area contributed by atoms with Crippen LogP contribution in [0.5, 0.6) is 0 Å². The number of carbonyl (C=O) groups is 1. The predicted octanol–water partition coefficient (Wildman–Crippen LogP) is -10.8. The third-order valence-corrected chi connectivity index (χ3v) is 10.7. The molecule has 25 atom stereocenters. The van der Waals surface area contributed by atoms with Gasteiger partial charge >= 0.3 is 0 Å². The number of amides is 1. The van der Waals surface area contributed by atoms with E-state index in [1.54, 1.807) is 0 Å². The van der Waals surface area contributed by atoms with E-state index in [1.807, 2.05) is 0 Å². The van der Waals surface area contributed by atoms with Crippen molar-refractivity contribution in [2.75, 3.05) is 26.4 Å². The Balaban J connectivity index is 1.50. The summed E-state index contributed by atoms with van der Waals surface area (Å²) < 4.78 is 51.4. The zero-order chi connectivity index (χ0) is 42.9. The first kappa shape index (κ1) is 47.6. The molecule has 5 aliphatic rings. The first-order valence-electron chi connectivity index (χ1n) is 18.5.